The van der Waals surface area contributed by atoms with Crippen LogP contribution in [0.15, 0.2) is 22.5 Å². The highest BCUT2D eigenvalue weighted by atomic mass is 32.1. The van der Waals surface area contributed by atoms with Gasteiger partial charge in [0.1, 0.15) is 5.84 Å². The Labute approximate surface area is 110 Å². The van der Waals surface area contributed by atoms with Gasteiger partial charge < -0.3 is 10.0 Å². The number of hydrogen-bond acceptors (Lipinski definition) is 4. The molecular formula is C13H16N2O2S. The molecule has 0 spiro atoms. The van der Waals surface area contributed by atoms with E-state index in [9.17, 15) is 9.90 Å². The monoisotopic (exact) mass is 264 g/mol. The number of aliphatic imine (C=N–C) groups is 1. The van der Waals surface area contributed by atoms with E-state index in [0.29, 0.717) is 12.6 Å². The molecule has 0 radical (unpaired) electrons. The van der Waals surface area contributed by atoms with Gasteiger partial charge in [0.25, 0.3) is 5.91 Å². The van der Waals surface area contributed by atoms with Gasteiger partial charge in [-0.05, 0) is 24.3 Å². The number of carbonyl (C=O) groups is 1. The fourth-order valence-electron chi connectivity index (χ4n) is 2.73. The average Bonchev–Trinajstić information content (AvgIpc) is 3.02. The summed E-state index contributed by atoms with van der Waals surface area (Å²) in [4.78, 5) is 18.8. The lowest BCUT2D eigenvalue weighted by atomic mass is 10.1. The number of β-amino-alcohol motifs (C(OH)–C–C–N with tert-alkyl or cyclic N) is 1. The Kier molecular flexibility index (Phi) is 3.18. The van der Waals surface area contributed by atoms with Crippen molar-refractivity contribution in [3.05, 3.63) is 22.4 Å². The first kappa shape index (κ1) is 11.9. The minimum Gasteiger partial charge on any atom is -0.381 e. The molecule has 1 N–H and O–H groups in total. The second-order valence-electron chi connectivity index (χ2n) is 4.86. The topological polar surface area (TPSA) is 52.9 Å². The highest BCUT2D eigenvalue weighted by Crippen LogP contribution is 2.28. The van der Waals surface area contributed by atoms with E-state index in [1.165, 1.54) is 12.8 Å². The standard InChI is InChI=1S/C13H16N2O2S/c16-10-8-15(9-4-1-2-5-9)12(14-13(10)17)11-6-3-7-18-11/h3,6-7,9-10,16H,1-2,4-5,8H2. The third kappa shape index (κ3) is 2.08. The average molecular weight is 264 g/mol. The van der Waals surface area contributed by atoms with Crippen LogP contribution >= 0.6 is 11.3 Å². The predicted molar refractivity (Wildman–Crippen MR) is 70.8 cm³/mol. The molecule has 1 amide bonds. The minimum absolute atomic E-state index is 0.389. The summed E-state index contributed by atoms with van der Waals surface area (Å²) >= 11 is 1.59. The van der Waals surface area contributed by atoms with Crippen LogP contribution in [0, 0.1) is 0 Å². The van der Waals surface area contributed by atoms with Crippen molar-refractivity contribution < 1.29 is 9.90 Å². The number of nitrogens with zero attached hydrogens (tertiary/aromatic N) is 2. The lowest BCUT2D eigenvalue weighted by molar-refractivity contribution is -0.127. The molecule has 1 aromatic heterocycles. The maximum atomic E-state index is 11.6. The van der Waals surface area contributed by atoms with Gasteiger partial charge in [-0.1, -0.05) is 18.9 Å². The molecule has 5 heteroatoms. The van der Waals surface area contributed by atoms with Crippen LogP contribution in [0.5, 0.6) is 0 Å². The summed E-state index contributed by atoms with van der Waals surface area (Å²) in [6.07, 6.45) is 3.75. The molecule has 18 heavy (non-hydrogen) atoms. The molecule has 4 nitrogen and oxygen atoms in total. The number of rotatable bonds is 2. The highest BCUT2D eigenvalue weighted by Gasteiger charge is 2.34. The van der Waals surface area contributed by atoms with Crippen molar-refractivity contribution in [3.63, 3.8) is 0 Å². The van der Waals surface area contributed by atoms with Gasteiger partial charge in [-0.25, -0.2) is 0 Å². The quantitative estimate of drug-likeness (QED) is 0.883. The van der Waals surface area contributed by atoms with Crippen molar-refractivity contribution in [1.29, 1.82) is 0 Å². The summed E-state index contributed by atoms with van der Waals surface area (Å²) in [5.41, 5.74) is 0. The summed E-state index contributed by atoms with van der Waals surface area (Å²) in [5, 5.41) is 11.7. The summed E-state index contributed by atoms with van der Waals surface area (Å²) < 4.78 is 0. The molecule has 0 bridgehead atoms. The number of aliphatic hydroxyl groups excluding tert-OH is 1. The molecule has 2 heterocycles. The highest BCUT2D eigenvalue weighted by molar-refractivity contribution is 7.12. The van der Waals surface area contributed by atoms with Crippen LogP contribution in [0.4, 0.5) is 0 Å². The van der Waals surface area contributed by atoms with Crippen LogP contribution in [-0.4, -0.2) is 40.4 Å². The van der Waals surface area contributed by atoms with Gasteiger partial charge in [-0.2, -0.15) is 4.99 Å². The van der Waals surface area contributed by atoms with E-state index < -0.39 is 12.0 Å². The molecule has 1 fully saturated rings. The second kappa shape index (κ2) is 4.82. The van der Waals surface area contributed by atoms with E-state index in [1.54, 1.807) is 11.3 Å². The largest absolute Gasteiger partial charge is 0.381 e. The van der Waals surface area contributed by atoms with Crippen LogP contribution < -0.4 is 0 Å². The first-order chi connectivity index (χ1) is 8.75. The Morgan fingerprint density at radius 3 is 2.83 bits per heavy atom. The van der Waals surface area contributed by atoms with Gasteiger partial charge in [0, 0.05) is 6.04 Å². The number of carbonyl (C=O) groups excluding carboxylic acids is 1. The van der Waals surface area contributed by atoms with Crippen LogP contribution in [0.1, 0.15) is 30.6 Å². The second-order valence-corrected chi connectivity index (χ2v) is 5.81. The van der Waals surface area contributed by atoms with E-state index in [4.69, 9.17) is 0 Å². The zero-order valence-corrected chi connectivity index (χ0v) is 10.9. The number of amides is 1. The Morgan fingerprint density at radius 2 is 2.17 bits per heavy atom. The van der Waals surface area contributed by atoms with Crippen molar-refractivity contribution in [2.45, 2.75) is 37.8 Å². The molecule has 1 atom stereocenters. The smallest absolute Gasteiger partial charge is 0.278 e. The molecule has 3 rings (SSSR count). The molecule has 0 aromatic carbocycles. The predicted octanol–water partition coefficient (Wildman–Crippen LogP) is 1.64. The Morgan fingerprint density at radius 1 is 1.39 bits per heavy atom. The van der Waals surface area contributed by atoms with Crippen LogP contribution in [0.25, 0.3) is 0 Å². The van der Waals surface area contributed by atoms with Gasteiger partial charge in [-0.3, -0.25) is 4.79 Å². The van der Waals surface area contributed by atoms with Crippen molar-refractivity contribution in [2.75, 3.05) is 6.54 Å². The Bertz CT molecular complexity index is 463. The van der Waals surface area contributed by atoms with E-state index in [1.807, 2.05) is 17.5 Å². The number of aliphatic hydroxyl groups is 1. The summed E-state index contributed by atoms with van der Waals surface area (Å²) in [5.74, 6) is 0.347. The van der Waals surface area contributed by atoms with Crippen LogP contribution in [0.2, 0.25) is 0 Å². The lowest BCUT2D eigenvalue weighted by Gasteiger charge is -2.35. The summed E-state index contributed by atoms with van der Waals surface area (Å²) in [6, 6.07) is 4.37. The Hall–Kier alpha value is -1.20. The molecule has 0 saturated heterocycles. The fourth-order valence-corrected chi connectivity index (χ4v) is 3.46. The first-order valence-electron chi connectivity index (χ1n) is 6.37. The summed E-state index contributed by atoms with van der Waals surface area (Å²) in [7, 11) is 0. The maximum Gasteiger partial charge on any atom is 0.278 e. The molecule has 1 saturated carbocycles. The fraction of sp³-hybridized carbons (Fsp3) is 0.538. The lowest BCUT2D eigenvalue weighted by Crippen LogP contribution is -2.49. The SMILES string of the molecule is O=C1N=C(c2cccs2)N(C2CCCC2)CC1O. The third-order valence-electron chi connectivity index (χ3n) is 3.65. The van der Waals surface area contributed by atoms with Gasteiger partial charge in [0.2, 0.25) is 0 Å². The molecule has 1 unspecified atom stereocenters. The molecule has 96 valence electrons. The molecule has 1 aliphatic carbocycles. The molecule has 1 aromatic rings. The van der Waals surface area contributed by atoms with Gasteiger partial charge >= 0.3 is 0 Å². The first-order valence-corrected chi connectivity index (χ1v) is 7.25. The zero-order chi connectivity index (χ0) is 12.5. The maximum absolute atomic E-state index is 11.6. The Balaban J connectivity index is 1.94. The zero-order valence-electron chi connectivity index (χ0n) is 10.1. The number of amidine groups is 1. The van der Waals surface area contributed by atoms with Crippen LogP contribution in [0.3, 0.4) is 0 Å². The van der Waals surface area contributed by atoms with E-state index in [0.717, 1.165) is 23.6 Å². The van der Waals surface area contributed by atoms with E-state index >= 15 is 0 Å². The van der Waals surface area contributed by atoms with E-state index in [-0.39, 0.29) is 0 Å². The van der Waals surface area contributed by atoms with Crippen molar-refractivity contribution >= 4 is 23.1 Å². The third-order valence-corrected chi connectivity index (χ3v) is 4.52. The van der Waals surface area contributed by atoms with Crippen molar-refractivity contribution in [2.24, 2.45) is 4.99 Å². The minimum atomic E-state index is -0.964. The molecular weight excluding hydrogens is 248 g/mol. The molecule has 1 aliphatic heterocycles. The van der Waals surface area contributed by atoms with Gasteiger partial charge in [-0.15, -0.1) is 11.3 Å². The van der Waals surface area contributed by atoms with Gasteiger partial charge in [0.15, 0.2) is 6.10 Å². The van der Waals surface area contributed by atoms with E-state index in [2.05, 4.69) is 9.89 Å². The van der Waals surface area contributed by atoms with Crippen LogP contribution in [-0.2, 0) is 4.79 Å². The van der Waals surface area contributed by atoms with Crippen molar-refractivity contribution in [1.82, 2.24) is 4.90 Å². The van der Waals surface area contributed by atoms with Gasteiger partial charge in [0.05, 0.1) is 11.4 Å². The number of thiophene rings is 1. The van der Waals surface area contributed by atoms with Crippen molar-refractivity contribution in [3.8, 4) is 0 Å². The normalized spacial score (nSPS) is 25.6. The molecule has 2 aliphatic rings. The number of hydrogen-bond donors (Lipinski definition) is 1. The summed E-state index contributed by atoms with van der Waals surface area (Å²) in [6.45, 7) is 0.389.